The molecule has 0 aromatic heterocycles. The van der Waals surface area contributed by atoms with Gasteiger partial charge < -0.3 is 0 Å². The number of rotatable bonds is 0. The van der Waals surface area contributed by atoms with Crippen molar-refractivity contribution in [1.29, 1.82) is 0.594 Å². The lowest BCUT2D eigenvalue weighted by atomic mass is 12.0. The average molecular weight is 177 g/mol. The Morgan fingerprint density at radius 1 is 1.00 bits per heavy atom. The van der Waals surface area contributed by atoms with E-state index < -0.39 is 0 Å². The van der Waals surface area contributed by atoms with Gasteiger partial charge in [0.05, 0.1) is 0 Å². The van der Waals surface area contributed by atoms with E-state index in [1.54, 1.807) is 0 Å². The van der Waals surface area contributed by atoms with Gasteiger partial charge >= 0.3 is 0 Å². The van der Waals surface area contributed by atoms with Crippen molar-refractivity contribution in [2.75, 3.05) is 0 Å². The molecule has 1 heteroatoms. The summed E-state index contributed by atoms with van der Waals surface area (Å²) in [5.74, 6) is 0. The Labute approximate surface area is 47.1 Å². The largest absolute Gasteiger partial charge is 0.107 e. The molecule has 0 saturated carbocycles. The Morgan fingerprint density at radius 3 is 1.00 bits per heavy atom. The molecule has 0 nitrogen and oxygen atoms in total. The summed E-state index contributed by atoms with van der Waals surface area (Å²) in [4.78, 5) is 0. The molecule has 0 spiro atoms. The van der Waals surface area contributed by atoms with Gasteiger partial charge in [-0.2, -0.15) is 0 Å². The molecule has 0 aromatic rings. The molecule has 4 heavy (non-hydrogen) atoms. The second kappa shape index (κ2) is 52.2. The van der Waals surface area contributed by atoms with Crippen molar-refractivity contribution in [3.63, 3.8) is 0 Å². The third kappa shape index (κ3) is 15.3. The van der Waals surface area contributed by atoms with Crippen LogP contribution in [0.4, 0.5) is 0 Å². The van der Waals surface area contributed by atoms with Crippen LogP contribution in [0.25, 0.3) is 0 Å². The van der Waals surface area contributed by atoms with Crippen molar-refractivity contribution in [3.8, 4) is 0 Å². The third-order valence-electron chi connectivity index (χ3n) is 0. The molecule has 0 unspecified atom stereocenters. The number of hydrogen-bond acceptors (Lipinski definition) is 0. The highest BCUT2D eigenvalue weighted by atomic mass is 127. The van der Waals surface area contributed by atoms with E-state index in [4.69, 9.17) is 0.594 Å². The summed E-state index contributed by atoms with van der Waals surface area (Å²) in [7, 11) is 0. The molecule has 0 amide bonds. The zero-order chi connectivity index (χ0) is 2.00. The summed E-state index contributed by atoms with van der Waals surface area (Å²) in [6, 6.07) is 0. The molecule has 0 bridgehead atoms. The molecule has 0 aliphatic heterocycles. The van der Waals surface area contributed by atoms with Crippen molar-refractivity contribution in [2.45, 2.75) is 22.3 Å². The molecule has 0 N–H and O–H groups in total. The van der Waals surface area contributed by atoms with E-state index in [1.807, 2.05) is 0 Å². The molecule has 0 atom stereocenters. The molecule has 0 aliphatic rings. The van der Waals surface area contributed by atoms with Crippen molar-refractivity contribution >= 4 is 23.8 Å². The van der Waals surface area contributed by atoms with Crippen LogP contribution in [0.5, 0.6) is 0 Å². The maximum absolute atomic E-state index is 5.72. The summed E-state index contributed by atoms with van der Waals surface area (Å²) in [6.45, 7) is 0. The lowest BCUT2D eigenvalue weighted by molar-refractivity contribution is 2.50. The highest BCUT2D eigenvalue weighted by molar-refractivity contribution is 14.0. The first-order chi connectivity index (χ1) is 1.00. The number of halogens is 1. The minimum Gasteiger partial charge on any atom is -0.107 e. The molecule has 32 valence electrons. The van der Waals surface area contributed by atoms with Crippen LogP contribution < -0.4 is 0 Å². The Morgan fingerprint density at radius 2 is 1.00 bits per heavy atom. The van der Waals surface area contributed by atoms with E-state index >= 15 is 0 Å². The standard InChI is InChI=1S/3CH4.HI/h3*1H4;1H/i/hD. The minimum absolute atomic E-state index is 0. The van der Waals surface area contributed by atoms with Gasteiger partial charge in [0.1, 0.15) is 0.594 Å². The summed E-state index contributed by atoms with van der Waals surface area (Å²) < 4.78 is 5.72. The van der Waals surface area contributed by atoms with E-state index in [-0.39, 0.29) is 22.3 Å². The van der Waals surface area contributed by atoms with E-state index in [0.717, 1.165) is 0 Å². The van der Waals surface area contributed by atoms with Gasteiger partial charge in [-0.3, -0.25) is 0 Å². The lowest BCUT2D eigenvalue weighted by Gasteiger charge is -0.108. The van der Waals surface area contributed by atoms with Crippen molar-refractivity contribution in [1.82, 2.24) is 0 Å². The quantitative estimate of drug-likeness (QED) is 0.498. The zero-order valence-electron chi connectivity index (χ0n) is 1.38. The van der Waals surface area contributed by atoms with Crippen LogP contribution >= 0.6 is 23.8 Å². The molecule has 0 fully saturated rings. The monoisotopic (exact) mass is 177 g/mol. The van der Waals surface area contributed by atoms with E-state index in [2.05, 4.69) is 0 Å². The van der Waals surface area contributed by atoms with Gasteiger partial charge in [-0.1, -0.05) is 22.3 Å². The summed E-state index contributed by atoms with van der Waals surface area (Å²) in [5, 5.41) is 0. The highest BCUT2D eigenvalue weighted by Crippen LogP contribution is 0.886. The van der Waals surface area contributed by atoms with Gasteiger partial charge in [-0.25, -0.2) is 0 Å². The molecular weight excluding hydrogens is 163 g/mol. The molecular formula is C3H13I. The summed E-state index contributed by atoms with van der Waals surface area (Å²) in [6.07, 6.45) is 0. The first-order valence-electron chi connectivity index (χ1n) is 0.378. The first-order valence-corrected chi connectivity index (χ1v) is 0. The fourth-order valence-electron chi connectivity index (χ4n) is 0. The maximum Gasteiger partial charge on any atom is 0.107 e. The second-order valence-electron chi connectivity index (χ2n) is 0. The van der Waals surface area contributed by atoms with Gasteiger partial charge in [0.25, 0.3) is 0 Å². The van der Waals surface area contributed by atoms with E-state index in [9.17, 15) is 0 Å². The van der Waals surface area contributed by atoms with Gasteiger partial charge in [0, 0.05) is 0 Å². The van der Waals surface area contributed by atoms with Crippen LogP contribution in [-0.2, 0) is 0 Å². The fraction of sp³-hybridized carbons (Fsp3) is 1.00. The van der Waals surface area contributed by atoms with Crippen LogP contribution in [0.3, 0.4) is 0 Å². The Balaban J connectivity index is -0.00000000167. The molecule has 0 heterocycles. The lowest BCUT2D eigenvalue weighted by Crippen LogP contribution is 0.143. The molecule has 0 saturated heterocycles. The zero-order valence-corrected chi connectivity index (χ0v) is 2.54. The van der Waals surface area contributed by atoms with E-state index in [1.165, 1.54) is 23.8 Å². The average Bonchev–Trinajstić information content (AvgIpc) is 1.00. The minimum atomic E-state index is 0. The van der Waals surface area contributed by atoms with Gasteiger partial charge in [0.2, 0.25) is 0 Å². The summed E-state index contributed by atoms with van der Waals surface area (Å²) >= 11 is 1.40. The van der Waals surface area contributed by atoms with Crippen LogP contribution in [-0.4, -0.2) is 0.594 Å². The van der Waals surface area contributed by atoms with E-state index in [0.29, 0.717) is 0 Å². The third-order valence-corrected chi connectivity index (χ3v) is 0. The Kier molecular flexibility index (Phi) is 287. The molecule has 0 aliphatic carbocycles. The Bertz CT molecular complexity index is 6.85. The topological polar surface area (TPSA) is 0 Å². The molecule has 0 aromatic carbocycles. The summed E-state index contributed by atoms with van der Waals surface area (Å²) in [5.41, 5.74) is 0. The van der Waals surface area contributed by atoms with Crippen LogP contribution in [0.15, 0.2) is 0 Å². The van der Waals surface area contributed by atoms with Crippen molar-refractivity contribution in [3.05, 3.63) is 0 Å². The smallest absolute Gasteiger partial charge is 0.107 e. The van der Waals surface area contributed by atoms with Crippen LogP contribution in [0.2, 0.25) is 0 Å². The first kappa shape index (κ1) is 22.0. The fourth-order valence-corrected chi connectivity index (χ4v) is 0. The number of hydrogen-bond donors (Lipinski definition) is 0. The van der Waals surface area contributed by atoms with Crippen LogP contribution in [0, 0.1) is 0 Å². The normalized spacial score (nSPS) is 1.75. The van der Waals surface area contributed by atoms with Crippen molar-refractivity contribution in [2.24, 2.45) is 0 Å². The maximum atomic E-state index is 5.72. The van der Waals surface area contributed by atoms with Gasteiger partial charge in [0.15, 0.2) is 0 Å². The van der Waals surface area contributed by atoms with Crippen LogP contribution in [0.1, 0.15) is 22.3 Å². The van der Waals surface area contributed by atoms with Gasteiger partial charge in [-0.15, -0.1) is 23.8 Å². The molecule has 0 rings (SSSR count). The highest BCUT2D eigenvalue weighted by Gasteiger charge is -0.0755. The predicted molar refractivity (Wildman–Crippen MR) is 35.6 cm³/mol. The molecule has 0 radical (unpaired) electrons. The predicted octanol–water partition coefficient (Wildman–Crippen LogP) is 2.53. The second-order valence-corrected chi connectivity index (χ2v) is 0. The van der Waals surface area contributed by atoms with Gasteiger partial charge in [-0.05, 0) is 0 Å². The van der Waals surface area contributed by atoms with Crippen molar-refractivity contribution < 1.29 is 0 Å². The Hall–Kier alpha value is 0.730. The SMILES string of the molecule is C.C.C.[2H]I.